The van der Waals surface area contributed by atoms with Gasteiger partial charge in [-0.25, -0.2) is 0 Å². The second-order valence-electron chi connectivity index (χ2n) is 4.80. The van der Waals surface area contributed by atoms with Crippen LogP contribution in [0.1, 0.15) is 39.0 Å². The second-order valence-corrected chi connectivity index (χ2v) is 4.80. The first-order chi connectivity index (χ1) is 8.43. The van der Waals surface area contributed by atoms with Gasteiger partial charge < -0.3 is 22.5 Å². The SMILES string of the molecule is C/C(N)=C(\NC(=O)C1CCCCC1)C(N)C(N)=O. The maximum Gasteiger partial charge on any atom is 0.240 e. The highest BCUT2D eigenvalue weighted by molar-refractivity contribution is 5.87. The molecule has 0 bridgehead atoms. The summed E-state index contributed by atoms with van der Waals surface area (Å²) in [5.41, 5.74) is 16.9. The Morgan fingerprint density at radius 2 is 1.72 bits per heavy atom. The van der Waals surface area contributed by atoms with Gasteiger partial charge in [-0.05, 0) is 19.8 Å². The third-order valence-corrected chi connectivity index (χ3v) is 3.28. The standard InChI is InChI=1S/C12H22N4O2/c1-7(13)10(9(14)11(15)17)16-12(18)8-5-3-2-4-6-8/h8-9H,2-6,13-14H2,1H3,(H2,15,17)(H,16,18)/b10-7+. The Labute approximate surface area is 107 Å². The average molecular weight is 254 g/mol. The lowest BCUT2D eigenvalue weighted by Gasteiger charge is -2.23. The maximum atomic E-state index is 12.0. The Hall–Kier alpha value is -1.56. The van der Waals surface area contributed by atoms with Gasteiger partial charge in [0.2, 0.25) is 11.8 Å². The van der Waals surface area contributed by atoms with E-state index in [0.29, 0.717) is 5.70 Å². The van der Waals surface area contributed by atoms with Crippen LogP contribution in [-0.4, -0.2) is 17.9 Å². The van der Waals surface area contributed by atoms with Gasteiger partial charge in [0.1, 0.15) is 6.04 Å². The molecule has 102 valence electrons. The van der Waals surface area contributed by atoms with Crippen LogP contribution in [0.15, 0.2) is 11.4 Å². The largest absolute Gasteiger partial charge is 0.401 e. The van der Waals surface area contributed by atoms with Crippen molar-refractivity contribution in [2.24, 2.45) is 23.1 Å². The van der Waals surface area contributed by atoms with Crippen LogP contribution < -0.4 is 22.5 Å². The van der Waals surface area contributed by atoms with Crippen molar-refractivity contribution in [2.75, 3.05) is 0 Å². The first-order valence-corrected chi connectivity index (χ1v) is 6.25. The van der Waals surface area contributed by atoms with Crippen molar-refractivity contribution in [3.05, 3.63) is 11.4 Å². The van der Waals surface area contributed by atoms with Crippen LogP contribution in [0.5, 0.6) is 0 Å². The van der Waals surface area contributed by atoms with E-state index in [-0.39, 0.29) is 17.5 Å². The van der Waals surface area contributed by atoms with Crippen LogP contribution in [0.25, 0.3) is 0 Å². The zero-order valence-electron chi connectivity index (χ0n) is 10.7. The van der Waals surface area contributed by atoms with E-state index in [1.807, 2.05) is 0 Å². The first-order valence-electron chi connectivity index (χ1n) is 6.25. The fourth-order valence-electron chi connectivity index (χ4n) is 2.16. The van der Waals surface area contributed by atoms with Crippen molar-refractivity contribution < 1.29 is 9.59 Å². The minimum absolute atomic E-state index is 0.0202. The van der Waals surface area contributed by atoms with Crippen molar-refractivity contribution in [1.29, 1.82) is 0 Å². The van der Waals surface area contributed by atoms with E-state index in [4.69, 9.17) is 17.2 Å². The van der Waals surface area contributed by atoms with Crippen LogP contribution in [0.2, 0.25) is 0 Å². The predicted octanol–water partition coefficient (Wildman–Crippen LogP) is -0.314. The number of hydrogen-bond donors (Lipinski definition) is 4. The highest BCUT2D eigenvalue weighted by Gasteiger charge is 2.25. The van der Waals surface area contributed by atoms with E-state index >= 15 is 0 Å². The number of carbonyl (C=O) groups is 2. The topological polar surface area (TPSA) is 124 Å². The van der Waals surface area contributed by atoms with Gasteiger partial charge >= 0.3 is 0 Å². The molecule has 0 aromatic heterocycles. The quantitative estimate of drug-likeness (QED) is 0.549. The molecule has 0 heterocycles. The Kier molecular flexibility index (Phi) is 5.15. The Morgan fingerprint density at radius 3 is 2.17 bits per heavy atom. The molecule has 6 heteroatoms. The summed E-state index contributed by atoms with van der Waals surface area (Å²) in [6, 6.07) is -1.07. The lowest BCUT2D eigenvalue weighted by atomic mass is 9.88. The second kappa shape index (κ2) is 6.39. The van der Waals surface area contributed by atoms with Crippen LogP contribution in [0.4, 0.5) is 0 Å². The lowest BCUT2D eigenvalue weighted by molar-refractivity contribution is -0.125. The summed E-state index contributed by atoms with van der Waals surface area (Å²) in [5, 5.41) is 2.66. The van der Waals surface area contributed by atoms with Crippen molar-refractivity contribution >= 4 is 11.8 Å². The Balaban J connectivity index is 2.70. The van der Waals surface area contributed by atoms with E-state index in [2.05, 4.69) is 5.32 Å². The van der Waals surface area contributed by atoms with Crippen LogP contribution >= 0.6 is 0 Å². The first kappa shape index (κ1) is 14.5. The molecule has 0 aliphatic heterocycles. The lowest BCUT2D eigenvalue weighted by Crippen LogP contribution is -2.46. The Bertz CT molecular complexity index is 355. The number of primary amides is 1. The maximum absolute atomic E-state index is 12.0. The Morgan fingerprint density at radius 1 is 1.17 bits per heavy atom. The molecule has 0 saturated heterocycles. The molecular formula is C12H22N4O2. The van der Waals surface area contributed by atoms with Gasteiger partial charge in [-0.1, -0.05) is 19.3 Å². The summed E-state index contributed by atoms with van der Waals surface area (Å²) in [7, 11) is 0. The summed E-state index contributed by atoms with van der Waals surface area (Å²) in [5.74, 6) is -0.849. The van der Waals surface area contributed by atoms with Crippen molar-refractivity contribution in [1.82, 2.24) is 5.32 Å². The zero-order valence-corrected chi connectivity index (χ0v) is 10.7. The fourth-order valence-corrected chi connectivity index (χ4v) is 2.16. The molecule has 7 N–H and O–H groups in total. The fraction of sp³-hybridized carbons (Fsp3) is 0.667. The monoisotopic (exact) mass is 254 g/mol. The summed E-state index contributed by atoms with van der Waals surface area (Å²) in [6.07, 6.45) is 5.02. The average Bonchev–Trinajstić information content (AvgIpc) is 2.35. The van der Waals surface area contributed by atoms with Crippen molar-refractivity contribution in [2.45, 2.75) is 45.1 Å². The number of nitrogens with two attached hydrogens (primary N) is 3. The van der Waals surface area contributed by atoms with Crippen LogP contribution in [-0.2, 0) is 9.59 Å². The third kappa shape index (κ3) is 3.73. The van der Waals surface area contributed by atoms with Gasteiger partial charge in [0, 0.05) is 11.6 Å². The van der Waals surface area contributed by atoms with Gasteiger partial charge in [0.15, 0.2) is 0 Å². The molecule has 18 heavy (non-hydrogen) atoms. The minimum atomic E-state index is -1.07. The van der Waals surface area contributed by atoms with Gasteiger partial charge in [-0.15, -0.1) is 0 Å². The summed E-state index contributed by atoms with van der Waals surface area (Å²) >= 11 is 0. The zero-order chi connectivity index (χ0) is 13.7. The molecule has 1 saturated carbocycles. The summed E-state index contributed by atoms with van der Waals surface area (Å²) < 4.78 is 0. The normalized spacial score (nSPS) is 19.9. The molecule has 1 fully saturated rings. The minimum Gasteiger partial charge on any atom is -0.401 e. The third-order valence-electron chi connectivity index (χ3n) is 3.28. The molecule has 0 spiro atoms. The molecule has 0 aromatic carbocycles. The predicted molar refractivity (Wildman–Crippen MR) is 68.8 cm³/mol. The highest BCUT2D eigenvalue weighted by atomic mass is 16.2. The highest BCUT2D eigenvalue weighted by Crippen LogP contribution is 2.24. The van der Waals surface area contributed by atoms with E-state index < -0.39 is 11.9 Å². The summed E-state index contributed by atoms with van der Waals surface area (Å²) in [6.45, 7) is 1.58. The van der Waals surface area contributed by atoms with Gasteiger partial charge in [0.25, 0.3) is 0 Å². The van der Waals surface area contributed by atoms with Gasteiger partial charge in [0.05, 0.1) is 5.70 Å². The van der Waals surface area contributed by atoms with E-state index in [9.17, 15) is 9.59 Å². The van der Waals surface area contributed by atoms with E-state index in [1.165, 1.54) is 6.42 Å². The molecule has 1 atom stereocenters. The number of rotatable bonds is 4. The van der Waals surface area contributed by atoms with Gasteiger partial charge in [-0.3, -0.25) is 9.59 Å². The van der Waals surface area contributed by atoms with Gasteiger partial charge in [-0.2, -0.15) is 0 Å². The van der Waals surface area contributed by atoms with Crippen molar-refractivity contribution in [3.63, 3.8) is 0 Å². The molecule has 1 aliphatic carbocycles. The molecule has 6 nitrogen and oxygen atoms in total. The van der Waals surface area contributed by atoms with Crippen LogP contribution in [0.3, 0.4) is 0 Å². The molecule has 1 aliphatic rings. The smallest absolute Gasteiger partial charge is 0.240 e. The number of carbonyl (C=O) groups excluding carboxylic acids is 2. The number of hydrogen-bond acceptors (Lipinski definition) is 4. The molecule has 1 rings (SSSR count). The number of amides is 2. The molecule has 2 amide bonds. The van der Waals surface area contributed by atoms with Crippen molar-refractivity contribution in [3.8, 4) is 0 Å². The molecule has 0 radical (unpaired) electrons. The molecular weight excluding hydrogens is 232 g/mol. The number of allylic oxidation sites excluding steroid dienone is 1. The molecule has 0 aromatic rings. The van der Waals surface area contributed by atoms with E-state index in [1.54, 1.807) is 6.92 Å². The summed E-state index contributed by atoms with van der Waals surface area (Å²) in [4.78, 5) is 23.1. The number of nitrogens with one attached hydrogen (secondary N) is 1. The van der Waals surface area contributed by atoms with Crippen LogP contribution in [0, 0.1) is 5.92 Å². The van der Waals surface area contributed by atoms with E-state index in [0.717, 1.165) is 25.7 Å². The molecule has 1 unspecified atom stereocenters.